The molecule has 1 unspecified atom stereocenters. The second-order valence-corrected chi connectivity index (χ2v) is 5.97. The maximum Gasteiger partial charge on any atom is 0.253 e. The van der Waals surface area contributed by atoms with Crippen LogP contribution in [0.2, 0.25) is 0 Å². The number of fused-ring (bicyclic) bond motifs is 1. The third kappa shape index (κ3) is 2.51. The van der Waals surface area contributed by atoms with Crippen LogP contribution in [-0.2, 0) is 0 Å². The lowest BCUT2D eigenvalue weighted by molar-refractivity contribution is 0.373. The Kier molecular flexibility index (Phi) is 3.39. The second-order valence-electron chi connectivity index (χ2n) is 4.66. The van der Waals surface area contributed by atoms with Crippen molar-refractivity contribution in [2.24, 2.45) is 0 Å². The van der Waals surface area contributed by atoms with Crippen molar-refractivity contribution in [3.8, 4) is 0 Å². The second kappa shape index (κ2) is 5.20. The summed E-state index contributed by atoms with van der Waals surface area (Å²) in [4.78, 5) is 12.9. The third-order valence-corrected chi connectivity index (χ3v) is 3.64. The van der Waals surface area contributed by atoms with Crippen LogP contribution in [0.15, 0.2) is 28.1 Å². The van der Waals surface area contributed by atoms with E-state index in [9.17, 15) is 0 Å². The van der Waals surface area contributed by atoms with Gasteiger partial charge in [-0.15, -0.1) is 5.10 Å². The molecule has 1 atom stereocenters. The average molecular weight is 290 g/mol. The molecule has 0 amide bonds. The first-order chi connectivity index (χ1) is 9.63. The molecule has 3 aromatic heterocycles. The van der Waals surface area contributed by atoms with E-state index in [0.717, 1.165) is 5.82 Å². The summed E-state index contributed by atoms with van der Waals surface area (Å²) in [7, 11) is 0. The Hall–Kier alpha value is -1.96. The lowest BCUT2D eigenvalue weighted by atomic mass is 10.2. The van der Waals surface area contributed by atoms with E-state index >= 15 is 0 Å². The smallest absolute Gasteiger partial charge is 0.253 e. The highest BCUT2D eigenvalue weighted by atomic mass is 32.2. The first-order valence-electron chi connectivity index (χ1n) is 6.31. The van der Waals surface area contributed by atoms with Crippen molar-refractivity contribution in [2.75, 3.05) is 0 Å². The monoisotopic (exact) mass is 290 g/mol. The Balaban J connectivity index is 1.78. The Labute approximate surface area is 119 Å². The van der Waals surface area contributed by atoms with E-state index in [2.05, 4.69) is 25.2 Å². The van der Waals surface area contributed by atoms with Crippen molar-refractivity contribution in [1.82, 2.24) is 29.7 Å². The summed E-state index contributed by atoms with van der Waals surface area (Å²) in [5.74, 6) is 2.14. The molecular formula is C12H14N6OS. The maximum atomic E-state index is 5.27. The van der Waals surface area contributed by atoms with Crippen LogP contribution in [0, 0.1) is 0 Å². The van der Waals surface area contributed by atoms with Crippen LogP contribution < -0.4 is 0 Å². The lowest BCUT2D eigenvalue weighted by Gasteiger charge is -2.01. The first-order valence-corrected chi connectivity index (χ1v) is 7.19. The Morgan fingerprint density at radius 3 is 2.80 bits per heavy atom. The molecule has 0 spiro atoms. The normalized spacial score (nSPS) is 13.2. The molecule has 3 rings (SSSR count). The van der Waals surface area contributed by atoms with Crippen LogP contribution in [-0.4, -0.2) is 29.7 Å². The van der Waals surface area contributed by atoms with E-state index in [4.69, 9.17) is 4.52 Å². The predicted molar refractivity (Wildman–Crippen MR) is 73.4 cm³/mol. The van der Waals surface area contributed by atoms with E-state index < -0.39 is 0 Å². The SMILES string of the molecule is CC(C)c1noc(C(C)Sc2nc3ncccn3n2)n1. The number of thioether (sulfide) groups is 1. The zero-order valence-electron chi connectivity index (χ0n) is 11.4. The minimum absolute atomic E-state index is 0.00703. The van der Waals surface area contributed by atoms with E-state index in [0.29, 0.717) is 16.8 Å². The molecule has 0 aromatic carbocycles. The largest absolute Gasteiger partial charge is 0.338 e. The minimum atomic E-state index is -0.00703. The van der Waals surface area contributed by atoms with Gasteiger partial charge in [-0.3, -0.25) is 0 Å². The highest BCUT2D eigenvalue weighted by molar-refractivity contribution is 7.99. The molecule has 0 saturated carbocycles. The molecule has 8 heteroatoms. The lowest BCUT2D eigenvalue weighted by Crippen LogP contribution is -1.93. The quantitative estimate of drug-likeness (QED) is 0.682. The number of rotatable bonds is 4. The van der Waals surface area contributed by atoms with Crippen LogP contribution in [0.3, 0.4) is 0 Å². The molecule has 0 aliphatic heterocycles. The fraction of sp³-hybridized carbons (Fsp3) is 0.417. The Bertz CT molecular complexity index is 688. The summed E-state index contributed by atoms with van der Waals surface area (Å²) >= 11 is 1.47. The van der Waals surface area contributed by atoms with Crippen LogP contribution >= 0.6 is 11.8 Å². The molecule has 3 aromatic rings. The molecule has 0 saturated heterocycles. The van der Waals surface area contributed by atoms with Gasteiger partial charge in [0, 0.05) is 18.3 Å². The zero-order valence-corrected chi connectivity index (χ0v) is 12.2. The zero-order chi connectivity index (χ0) is 14.1. The van der Waals surface area contributed by atoms with Gasteiger partial charge in [-0.1, -0.05) is 30.8 Å². The van der Waals surface area contributed by atoms with Crippen molar-refractivity contribution in [2.45, 2.75) is 37.1 Å². The van der Waals surface area contributed by atoms with Crippen molar-refractivity contribution in [3.63, 3.8) is 0 Å². The summed E-state index contributed by atoms with van der Waals surface area (Å²) in [6.07, 6.45) is 3.50. The van der Waals surface area contributed by atoms with Gasteiger partial charge >= 0.3 is 0 Å². The van der Waals surface area contributed by atoms with Crippen LogP contribution in [0.5, 0.6) is 0 Å². The molecule has 0 radical (unpaired) electrons. The van der Waals surface area contributed by atoms with Gasteiger partial charge in [-0.2, -0.15) is 9.97 Å². The summed E-state index contributed by atoms with van der Waals surface area (Å²) in [6, 6.07) is 1.81. The number of hydrogen-bond donors (Lipinski definition) is 0. The van der Waals surface area contributed by atoms with Gasteiger partial charge in [0.25, 0.3) is 5.78 Å². The molecule has 0 bridgehead atoms. The molecule has 20 heavy (non-hydrogen) atoms. The fourth-order valence-electron chi connectivity index (χ4n) is 1.62. The molecular weight excluding hydrogens is 276 g/mol. The maximum absolute atomic E-state index is 5.27. The van der Waals surface area contributed by atoms with Crippen LogP contribution in [0.1, 0.15) is 43.7 Å². The molecule has 3 heterocycles. The van der Waals surface area contributed by atoms with E-state index in [1.165, 1.54) is 11.8 Å². The topological polar surface area (TPSA) is 82.0 Å². The van der Waals surface area contributed by atoms with Crippen molar-refractivity contribution < 1.29 is 4.52 Å². The standard InChI is InChI=1S/C12H14N6OS/c1-7(2)9-14-10(19-17-9)8(3)20-12-15-11-13-5-4-6-18(11)16-12/h4-8H,1-3H3. The van der Waals surface area contributed by atoms with Gasteiger partial charge in [0.1, 0.15) is 0 Å². The number of nitrogens with zero attached hydrogens (tertiary/aromatic N) is 6. The van der Waals surface area contributed by atoms with Gasteiger partial charge in [0.2, 0.25) is 11.0 Å². The summed E-state index contributed by atoms with van der Waals surface area (Å²) in [6.45, 7) is 6.05. The number of hydrogen-bond acceptors (Lipinski definition) is 7. The van der Waals surface area contributed by atoms with Gasteiger partial charge in [0.05, 0.1) is 5.25 Å². The molecule has 104 valence electrons. The van der Waals surface area contributed by atoms with Gasteiger partial charge in [0.15, 0.2) is 5.82 Å². The van der Waals surface area contributed by atoms with E-state index in [1.807, 2.05) is 33.0 Å². The summed E-state index contributed by atoms with van der Waals surface area (Å²) < 4.78 is 6.92. The minimum Gasteiger partial charge on any atom is -0.338 e. The predicted octanol–water partition coefficient (Wildman–Crippen LogP) is 2.48. The Morgan fingerprint density at radius 1 is 1.25 bits per heavy atom. The molecule has 7 nitrogen and oxygen atoms in total. The van der Waals surface area contributed by atoms with Crippen molar-refractivity contribution >= 4 is 17.5 Å². The fourth-order valence-corrected chi connectivity index (χ4v) is 2.40. The van der Waals surface area contributed by atoms with Crippen molar-refractivity contribution in [3.05, 3.63) is 30.2 Å². The Morgan fingerprint density at radius 2 is 2.10 bits per heavy atom. The summed E-state index contributed by atoms with van der Waals surface area (Å²) in [5, 5.41) is 8.93. The number of aromatic nitrogens is 6. The van der Waals surface area contributed by atoms with Crippen LogP contribution in [0.4, 0.5) is 0 Å². The van der Waals surface area contributed by atoms with Gasteiger partial charge in [-0.05, 0) is 13.0 Å². The molecule has 0 aliphatic carbocycles. The average Bonchev–Trinajstić information content (AvgIpc) is 3.04. The first kappa shape index (κ1) is 13.0. The van der Waals surface area contributed by atoms with Gasteiger partial charge < -0.3 is 4.52 Å². The van der Waals surface area contributed by atoms with Crippen molar-refractivity contribution in [1.29, 1.82) is 0 Å². The highest BCUT2D eigenvalue weighted by Crippen LogP contribution is 2.32. The van der Waals surface area contributed by atoms with Gasteiger partial charge in [-0.25, -0.2) is 9.50 Å². The van der Waals surface area contributed by atoms with E-state index in [1.54, 1.807) is 10.7 Å². The van der Waals surface area contributed by atoms with E-state index in [-0.39, 0.29) is 11.2 Å². The molecule has 0 aliphatic rings. The molecule has 0 N–H and O–H groups in total. The summed E-state index contributed by atoms with van der Waals surface area (Å²) in [5.41, 5.74) is 0. The molecule has 0 fully saturated rings. The van der Waals surface area contributed by atoms with Crippen LogP contribution in [0.25, 0.3) is 5.78 Å². The third-order valence-electron chi connectivity index (χ3n) is 2.70. The highest BCUT2D eigenvalue weighted by Gasteiger charge is 2.19.